The lowest BCUT2D eigenvalue weighted by Gasteiger charge is -1.97. The fourth-order valence-corrected chi connectivity index (χ4v) is 3.55. The quantitative estimate of drug-likeness (QED) is 0.540. The molecule has 0 radical (unpaired) electrons. The second-order valence-corrected chi connectivity index (χ2v) is 6.24. The third-order valence-electron chi connectivity index (χ3n) is 3.69. The van der Waals surface area contributed by atoms with Crippen molar-refractivity contribution in [2.45, 2.75) is 11.5 Å². The fourth-order valence-electron chi connectivity index (χ4n) is 2.69. The first-order chi connectivity index (χ1) is 10.4. The van der Waals surface area contributed by atoms with Gasteiger partial charge in [0, 0.05) is 33.9 Å². The first-order valence-corrected chi connectivity index (χ1v) is 8.25. The van der Waals surface area contributed by atoms with E-state index in [4.69, 9.17) is 0 Å². The highest BCUT2D eigenvalue weighted by molar-refractivity contribution is 7.97. The lowest BCUT2D eigenvalue weighted by atomic mass is 10.2. The van der Waals surface area contributed by atoms with Crippen LogP contribution in [0, 0.1) is 0 Å². The van der Waals surface area contributed by atoms with Crippen LogP contribution in [0.15, 0.2) is 60.7 Å². The number of para-hydroxylation sites is 2. The van der Waals surface area contributed by atoms with Crippen LogP contribution in [0.3, 0.4) is 0 Å². The number of fused-ring (bicyclic) bond motifs is 2. The summed E-state index contributed by atoms with van der Waals surface area (Å²) >= 11 is 1.93. The van der Waals surface area contributed by atoms with E-state index in [-0.39, 0.29) is 0 Å². The van der Waals surface area contributed by atoms with Gasteiger partial charge >= 0.3 is 0 Å². The van der Waals surface area contributed by atoms with Crippen LogP contribution in [0.1, 0.15) is 11.4 Å². The van der Waals surface area contributed by atoms with E-state index in [1.165, 1.54) is 33.2 Å². The Labute approximate surface area is 127 Å². The summed E-state index contributed by atoms with van der Waals surface area (Å²) in [4.78, 5) is 6.95. The van der Waals surface area contributed by atoms with Crippen LogP contribution < -0.4 is 0 Å². The Kier molecular flexibility index (Phi) is 3.20. The molecule has 0 saturated heterocycles. The maximum atomic E-state index is 3.48. The summed E-state index contributed by atoms with van der Waals surface area (Å²) in [5.41, 5.74) is 5.02. The molecule has 2 nitrogen and oxygen atoms in total. The summed E-state index contributed by atoms with van der Waals surface area (Å²) in [5, 5.41) is 2.58. The molecule has 104 valence electrons. The first kappa shape index (κ1) is 12.6. The Morgan fingerprint density at radius 1 is 0.667 bits per heavy atom. The molecular weight excluding hydrogens is 276 g/mol. The summed E-state index contributed by atoms with van der Waals surface area (Å²) in [6, 6.07) is 21.3. The number of thioether (sulfide) groups is 1. The smallest absolute Gasteiger partial charge is 0.0456 e. The van der Waals surface area contributed by atoms with Crippen molar-refractivity contribution in [1.29, 1.82) is 0 Å². The molecule has 0 saturated carbocycles. The minimum Gasteiger partial charge on any atom is -0.358 e. The van der Waals surface area contributed by atoms with E-state index in [9.17, 15) is 0 Å². The van der Waals surface area contributed by atoms with Gasteiger partial charge in [-0.15, -0.1) is 11.8 Å². The summed E-state index contributed by atoms with van der Waals surface area (Å²) in [5.74, 6) is 2.01. The second-order valence-electron chi connectivity index (χ2n) is 5.26. The van der Waals surface area contributed by atoms with Crippen molar-refractivity contribution in [1.82, 2.24) is 9.97 Å². The van der Waals surface area contributed by atoms with Gasteiger partial charge < -0.3 is 9.97 Å². The van der Waals surface area contributed by atoms with E-state index in [2.05, 4.69) is 70.6 Å². The zero-order valence-corrected chi connectivity index (χ0v) is 12.4. The summed E-state index contributed by atoms with van der Waals surface area (Å²) in [6.07, 6.45) is 0. The number of hydrogen-bond donors (Lipinski definition) is 2. The molecule has 2 heterocycles. The molecular formula is C18H16N2S. The molecule has 0 fully saturated rings. The molecule has 21 heavy (non-hydrogen) atoms. The maximum absolute atomic E-state index is 3.48. The van der Waals surface area contributed by atoms with Gasteiger partial charge in [0.05, 0.1) is 0 Å². The molecule has 0 aliphatic heterocycles. The number of hydrogen-bond acceptors (Lipinski definition) is 1. The van der Waals surface area contributed by atoms with Gasteiger partial charge in [0.1, 0.15) is 0 Å². The molecule has 2 aromatic carbocycles. The minimum absolute atomic E-state index is 1.00. The molecule has 2 N–H and O–H groups in total. The van der Waals surface area contributed by atoms with Gasteiger partial charge in [-0.25, -0.2) is 0 Å². The van der Waals surface area contributed by atoms with Crippen molar-refractivity contribution in [3.8, 4) is 0 Å². The summed E-state index contributed by atoms with van der Waals surface area (Å²) in [6.45, 7) is 0. The Hall–Kier alpha value is -2.13. The van der Waals surface area contributed by atoms with Gasteiger partial charge in [-0.3, -0.25) is 0 Å². The van der Waals surface area contributed by atoms with Crippen LogP contribution in [0.25, 0.3) is 21.8 Å². The molecule has 0 aliphatic carbocycles. The lowest BCUT2D eigenvalue weighted by Crippen LogP contribution is -1.83. The van der Waals surface area contributed by atoms with Gasteiger partial charge in [-0.2, -0.15) is 0 Å². The Balaban J connectivity index is 1.44. The molecule has 0 spiro atoms. The van der Waals surface area contributed by atoms with Crippen LogP contribution in [0.2, 0.25) is 0 Å². The Morgan fingerprint density at radius 3 is 1.62 bits per heavy atom. The molecule has 3 heteroatoms. The van der Waals surface area contributed by atoms with Gasteiger partial charge in [0.2, 0.25) is 0 Å². The standard InChI is InChI=1S/C18H16N2S/c1-3-7-17-13(5-1)9-15(19-17)11-21-12-16-10-14-6-2-4-8-18(14)20-16/h1-10,19-20H,11-12H2. The number of nitrogens with one attached hydrogen (secondary N) is 2. The van der Waals surface area contributed by atoms with Crippen molar-refractivity contribution in [2.24, 2.45) is 0 Å². The van der Waals surface area contributed by atoms with Crippen molar-refractivity contribution in [3.05, 3.63) is 72.1 Å². The zero-order chi connectivity index (χ0) is 14.1. The number of benzene rings is 2. The molecule has 0 atom stereocenters. The van der Waals surface area contributed by atoms with Crippen LogP contribution in [0.5, 0.6) is 0 Å². The first-order valence-electron chi connectivity index (χ1n) is 7.09. The average molecular weight is 292 g/mol. The van der Waals surface area contributed by atoms with Crippen LogP contribution in [0.4, 0.5) is 0 Å². The van der Waals surface area contributed by atoms with Crippen LogP contribution in [-0.2, 0) is 11.5 Å². The Bertz CT molecular complexity index is 748. The van der Waals surface area contributed by atoms with E-state index in [1.54, 1.807) is 0 Å². The normalized spacial score (nSPS) is 11.4. The Morgan fingerprint density at radius 2 is 1.14 bits per heavy atom. The van der Waals surface area contributed by atoms with Crippen molar-refractivity contribution in [3.63, 3.8) is 0 Å². The molecule has 0 bridgehead atoms. The molecule has 0 unspecified atom stereocenters. The fraction of sp³-hybridized carbons (Fsp3) is 0.111. The highest BCUT2D eigenvalue weighted by atomic mass is 32.2. The highest BCUT2D eigenvalue weighted by Crippen LogP contribution is 2.23. The predicted molar refractivity (Wildman–Crippen MR) is 91.6 cm³/mol. The van der Waals surface area contributed by atoms with Crippen molar-refractivity contribution < 1.29 is 0 Å². The third-order valence-corrected chi connectivity index (χ3v) is 4.72. The van der Waals surface area contributed by atoms with Crippen LogP contribution in [-0.4, -0.2) is 9.97 Å². The summed E-state index contributed by atoms with van der Waals surface area (Å²) in [7, 11) is 0. The van der Waals surface area contributed by atoms with E-state index < -0.39 is 0 Å². The molecule has 0 aliphatic rings. The van der Waals surface area contributed by atoms with Crippen LogP contribution >= 0.6 is 11.8 Å². The van der Waals surface area contributed by atoms with Crippen molar-refractivity contribution in [2.75, 3.05) is 0 Å². The largest absolute Gasteiger partial charge is 0.358 e. The highest BCUT2D eigenvalue weighted by Gasteiger charge is 2.03. The number of aromatic nitrogens is 2. The molecule has 2 aromatic heterocycles. The topological polar surface area (TPSA) is 31.6 Å². The zero-order valence-electron chi connectivity index (χ0n) is 11.6. The van der Waals surface area contributed by atoms with E-state index in [0.29, 0.717) is 0 Å². The van der Waals surface area contributed by atoms with Gasteiger partial charge in [0.25, 0.3) is 0 Å². The molecule has 4 aromatic rings. The SMILES string of the molecule is c1ccc2[nH]c(CSCc3cc4ccccc4[nH]3)cc2c1. The third kappa shape index (κ3) is 2.57. The monoisotopic (exact) mass is 292 g/mol. The van der Waals surface area contributed by atoms with Gasteiger partial charge in [-0.1, -0.05) is 36.4 Å². The number of aromatic amines is 2. The van der Waals surface area contributed by atoms with Gasteiger partial charge in [0.15, 0.2) is 0 Å². The lowest BCUT2D eigenvalue weighted by molar-refractivity contribution is 1.23. The second kappa shape index (κ2) is 5.34. The number of H-pyrrole nitrogens is 2. The average Bonchev–Trinajstić information content (AvgIpc) is 3.09. The summed E-state index contributed by atoms with van der Waals surface area (Å²) < 4.78 is 0. The molecule has 0 amide bonds. The molecule has 4 rings (SSSR count). The number of rotatable bonds is 4. The van der Waals surface area contributed by atoms with Crippen molar-refractivity contribution >= 4 is 33.6 Å². The predicted octanol–water partition coefficient (Wildman–Crippen LogP) is 5.08. The van der Waals surface area contributed by atoms with Gasteiger partial charge in [-0.05, 0) is 35.0 Å². The van der Waals surface area contributed by atoms with E-state index in [0.717, 1.165) is 11.5 Å². The maximum Gasteiger partial charge on any atom is 0.0456 e. The minimum atomic E-state index is 1.00. The van der Waals surface area contributed by atoms with E-state index >= 15 is 0 Å². The van der Waals surface area contributed by atoms with E-state index in [1.807, 2.05) is 11.8 Å².